The smallest absolute Gasteiger partial charge is 0.335 e. The molecule has 0 atom stereocenters. The van der Waals surface area contributed by atoms with Crippen LogP contribution in [0.4, 0.5) is 10.5 Å². The topological polar surface area (TPSA) is 94.2 Å². The monoisotopic (exact) mass is 736 g/mol. The van der Waals surface area contributed by atoms with Gasteiger partial charge in [0.1, 0.15) is 24.5 Å². The molecule has 1 fully saturated rings. The number of barbiturate groups is 1. The summed E-state index contributed by atoms with van der Waals surface area (Å²) >= 11 is 8.08. The number of urea groups is 1. The highest BCUT2D eigenvalue weighted by atomic mass is 127. The molecule has 0 aromatic heterocycles. The van der Waals surface area contributed by atoms with E-state index in [1.165, 1.54) is 6.08 Å². The zero-order chi connectivity index (χ0) is 32.1. The van der Waals surface area contributed by atoms with Crippen molar-refractivity contribution in [2.24, 2.45) is 0 Å². The van der Waals surface area contributed by atoms with Crippen LogP contribution in [0.25, 0.3) is 6.08 Å². The van der Waals surface area contributed by atoms with Crippen LogP contribution in [-0.2, 0) is 22.8 Å². The Morgan fingerprint density at radius 1 is 0.822 bits per heavy atom. The highest BCUT2D eigenvalue weighted by Crippen LogP contribution is 2.36. The summed E-state index contributed by atoms with van der Waals surface area (Å²) in [6.07, 6.45) is 1.44. The number of amides is 4. The molecule has 0 aliphatic carbocycles. The first-order chi connectivity index (χ1) is 21.6. The van der Waals surface area contributed by atoms with E-state index in [1.807, 2.05) is 32.9 Å². The lowest BCUT2D eigenvalue weighted by molar-refractivity contribution is -0.122. The molecule has 45 heavy (non-hydrogen) atoms. The maximum atomic E-state index is 13.5. The van der Waals surface area contributed by atoms with Gasteiger partial charge < -0.3 is 14.2 Å². The predicted molar refractivity (Wildman–Crippen MR) is 182 cm³/mol. The van der Waals surface area contributed by atoms with Gasteiger partial charge >= 0.3 is 6.03 Å². The number of carbonyl (C=O) groups excluding carboxylic acids is 3. The van der Waals surface area contributed by atoms with Gasteiger partial charge in [0.05, 0.1) is 15.9 Å². The Bertz CT molecular complexity index is 1770. The van der Waals surface area contributed by atoms with Crippen molar-refractivity contribution in [3.05, 3.63) is 121 Å². The van der Waals surface area contributed by atoms with Crippen molar-refractivity contribution < 1.29 is 28.6 Å². The molecule has 0 unspecified atom stereocenters. The second-order valence-corrected chi connectivity index (χ2v) is 12.0. The minimum atomic E-state index is -0.836. The number of hydrogen-bond acceptors (Lipinski definition) is 6. The summed E-state index contributed by atoms with van der Waals surface area (Å²) in [6.45, 7) is 7.00. The predicted octanol–water partition coefficient (Wildman–Crippen LogP) is 7.78. The van der Waals surface area contributed by atoms with E-state index >= 15 is 0 Å². The number of rotatable bonds is 10. The molecule has 10 heteroatoms. The number of aryl methyl sites for hydroxylation is 2. The third kappa shape index (κ3) is 7.84. The molecule has 4 aromatic rings. The van der Waals surface area contributed by atoms with Crippen LogP contribution in [-0.4, -0.2) is 24.5 Å². The highest BCUT2D eigenvalue weighted by Gasteiger charge is 2.37. The molecule has 8 nitrogen and oxygen atoms in total. The minimum absolute atomic E-state index is 0.195. The minimum Gasteiger partial charge on any atom is -0.490 e. The van der Waals surface area contributed by atoms with Crippen LogP contribution in [0.3, 0.4) is 0 Å². The number of nitrogens with one attached hydrogen (secondary N) is 1. The average molecular weight is 737 g/mol. The fourth-order valence-electron chi connectivity index (χ4n) is 4.88. The number of nitrogens with zero attached hydrogens (tertiary/aromatic N) is 1. The van der Waals surface area contributed by atoms with Crippen LogP contribution in [0.1, 0.15) is 34.7 Å². The number of imide groups is 2. The van der Waals surface area contributed by atoms with E-state index in [1.54, 1.807) is 48.5 Å². The van der Waals surface area contributed by atoms with Gasteiger partial charge in [0.15, 0.2) is 11.5 Å². The Hall–Kier alpha value is -4.35. The van der Waals surface area contributed by atoms with Crippen molar-refractivity contribution in [1.82, 2.24) is 5.32 Å². The van der Waals surface area contributed by atoms with E-state index in [-0.39, 0.29) is 11.3 Å². The number of carbonyl (C=O) groups is 3. The van der Waals surface area contributed by atoms with Gasteiger partial charge in [-0.2, -0.15) is 0 Å². The van der Waals surface area contributed by atoms with Gasteiger partial charge in [-0.1, -0.05) is 53.1 Å². The van der Waals surface area contributed by atoms with E-state index in [2.05, 4.69) is 46.1 Å². The van der Waals surface area contributed by atoms with E-state index < -0.39 is 17.8 Å². The summed E-state index contributed by atoms with van der Waals surface area (Å²) in [7, 11) is 0. The summed E-state index contributed by atoms with van der Waals surface area (Å²) in [5.74, 6) is 0.0528. The van der Waals surface area contributed by atoms with Gasteiger partial charge in [-0.25, -0.2) is 9.69 Å². The van der Waals surface area contributed by atoms with Crippen molar-refractivity contribution in [2.75, 3.05) is 11.5 Å². The largest absolute Gasteiger partial charge is 0.490 e. The average Bonchev–Trinajstić information content (AvgIpc) is 2.99. The zero-order valence-corrected chi connectivity index (χ0v) is 27.8. The maximum Gasteiger partial charge on any atom is 0.335 e. The van der Waals surface area contributed by atoms with Gasteiger partial charge in [-0.05, 0) is 115 Å². The number of benzene rings is 4. The van der Waals surface area contributed by atoms with Crippen LogP contribution in [0.15, 0.2) is 84.4 Å². The molecule has 1 saturated heterocycles. The fourth-order valence-corrected chi connectivity index (χ4v) is 5.79. The normalized spacial score (nSPS) is 14.0. The summed E-state index contributed by atoms with van der Waals surface area (Å²) in [4.78, 5) is 40.1. The van der Waals surface area contributed by atoms with E-state index in [0.717, 1.165) is 30.7 Å². The molecule has 1 aliphatic rings. The van der Waals surface area contributed by atoms with Gasteiger partial charge in [-0.3, -0.25) is 14.9 Å². The van der Waals surface area contributed by atoms with E-state index in [0.29, 0.717) is 47.7 Å². The summed E-state index contributed by atoms with van der Waals surface area (Å²) in [5, 5.41) is 2.90. The van der Waals surface area contributed by atoms with E-state index in [4.69, 9.17) is 25.8 Å². The second-order valence-electron chi connectivity index (χ2n) is 10.4. The molecule has 0 radical (unpaired) electrons. The van der Waals surface area contributed by atoms with E-state index in [9.17, 15) is 14.4 Å². The Morgan fingerprint density at radius 2 is 1.49 bits per heavy atom. The van der Waals surface area contributed by atoms with Gasteiger partial charge in [0.25, 0.3) is 11.8 Å². The van der Waals surface area contributed by atoms with Crippen molar-refractivity contribution in [3.63, 3.8) is 0 Å². The first-order valence-corrected chi connectivity index (χ1v) is 15.6. The molecular formula is C35H30ClIN2O6. The third-order valence-electron chi connectivity index (χ3n) is 6.82. The van der Waals surface area contributed by atoms with Crippen molar-refractivity contribution in [3.8, 4) is 17.2 Å². The second kappa shape index (κ2) is 14.2. The van der Waals surface area contributed by atoms with Crippen molar-refractivity contribution in [1.29, 1.82) is 0 Å². The van der Waals surface area contributed by atoms with Crippen LogP contribution in [0.2, 0.25) is 5.02 Å². The van der Waals surface area contributed by atoms with Crippen LogP contribution in [0, 0.1) is 17.4 Å². The van der Waals surface area contributed by atoms with Crippen LogP contribution < -0.4 is 24.4 Å². The SMILES string of the molecule is CCOc1cc(/C=C2\C(=O)NC(=O)N(c3ccc(OCc4ccc(Cl)cc4)cc3)C2=O)cc(I)c1OCc1cc(C)cc(C)c1. The third-order valence-corrected chi connectivity index (χ3v) is 7.88. The molecule has 0 spiro atoms. The molecule has 1 heterocycles. The fraction of sp³-hybridized carbons (Fsp3) is 0.171. The molecule has 0 saturated carbocycles. The highest BCUT2D eigenvalue weighted by molar-refractivity contribution is 14.1. The quantitative estimate of drug-likeness (QED) is 0.102. The van der Waals surface area contributed by atoms with Crippen LogP contribution >= 0.6 is 34.2 Å². The Morgan fingerprint density at radius 3 is 2.16 bits per heavy atom. The lowest BCUT2D eigenvalue weighted by Crippen LogP contribution is -2.54. The standard InChI is InChI=1S/C35H30ClIN2O6/c1-4-43-31-18-24(17-30(37)32(31)45-20-25-14-21(2)13-22(3)15-25)16-29-33(40)38-35(42)39(34(29)41)27-9-11-28(12-10-27)44-19-23-5-7-26(36)8-6-23/h5-18H,4,19-20H2,1-3H3,(H,38,40,42)/b29-16+. The molecular weight excluding hydrogens is 707 g/mol. The number of ether oxygens (including phenoxy) is 3. The summed E-state index contributed by atoms with van der Waals surface area (Å²) < 4.78 is 18.6. The number of halogens is 2. The Balaban J connectivity index is 1.35. The molecule has 1 N–H and O–H groups in total. The number of anilines is 1. The number of hydrogen-bond donors (Lipinski definition) is 1. The lowest BCUT2D eigenvalue weighted by atomic mass is 10.1. The lowest BCUT2D eigenvalue weighted by Gasteiger charge is -2.26. The van der Waals surface area contributed by atoms with Crippen LogP contribution in [0.5, 0.6) is 17.2 Å². The zero-order valence-electron chi connectivity index (χ0n) is 24.9. The van der Waals surface area contributed by atoms with Gasteiger partial charge in [0.2, 0.25) is 0 Å². The summed E-state index contributed by atoms with van der Waals surface area (Å²) in [6, 6.07) is 22.7. The molecule has 5 rings (SSSR count). The summed E-state index contributed by atoms with van der Waals surface area (Å²) in [5.41, 5.74) is 4.90. The Kier molecular flexibility index (Phi) is 10.1. The molecule has 230 valence electrons. The maximum absolute atomic E-state index is 13.5. The molecule has 0 bridgehead atoms. The molecule has 1 aliphatic heterocycles. The van der Waals surface area contributed by atoms with Crippen molar-refractivity contribution in [2.45, 2.75) is 34.0 Å². The first-order valence-electron chi connectivity index (χ1n) is 14.2. The molecule has 4 amide bonds. The van der Waals surface area contributed by atoms with Crippen molar-refractivity contribution >= 4 is 63.8 Å². The van der Waals surface area contributed by atoms with Gasteiger partial charge in [-0.15, -0.1) is 0 Å². The Labute approximate surface area is 280 Å². The van der Waals surface area contributed by atoms with Gasteiger partial charge in [0, 0.05) is 5.02 Å². The molecule has 4 aromatic carbocycles. The first kappa shape index (κ1) is 32.1.